The van der Waals surface area contributed by atoms with E-state index in [9.17, 15) is 0 Å². The van der Waals surface area contributed by atoms with Gasteiger partial charge in [0, 0.05) is 12.0 Å². The van der Waals surface area contributed by atoms with E-state index in [4.69, 9.17) is 5.11 Å². The van der Waals surface area contributed by atoms with Gasteiger partial charge in [-0.3, -0.25) is 0 Å². The van der Waals surface area contributed by atoms with E-state index in [2.05, 4.69) is 17.3 Å². The number of thiazole rings is 1. The zero-order valence-electron chi connectivity index (χ0n) is 7.58. The van der Waals surface area contributed by atoms with Gasteiger partial charge in [0.2, 0.25) is 0 Å². The molecule has 0 saturated heterocycles. The number of hydrogen-bond donors (Lipinski definition) is 1. The fourth-order valence-electron chi connectivity index (χ4n) is 1.01. The van der Waals surface area contributed by atoms with Crippen molar-refractivity contribution in [1.82, 2.24) is 4.98 Å². The fraction of sp³-hybridized carbons (Fsp3) is 0.667. The molecule has 1 unspecified atom stereocenters. The van der Waals surface area contributed by atoms with Crippen LogP contribution in [0.15, 0.2) is 5.38 Å². The van der Waals surface area contributed by atoms with Crippen molar-refractivity contribution in [2.75, 3.05) is 6.61 Å². The molecule has 1 atom stereocenters. The average Bonchev–Trinajstić information content (AvgIpc) is 2.47. The predicted molar refractivity (Wildman–Crippen MR) is 51.4 cm³/mol. The first kappa shape index (κ1) is 9.68. The van der Waals surface area contributed by atoms with Crippen LogP contribution >= 0.6 is 11.3 Å². The monoisotopic (exact) mass is 185 g/mol. The summed E-state index contributed by atoms with van der Waals surface area (Å²) in [5, 5.41) is 12.0. The van der Waals surface area contributed by atoms with Gasteiger partial charge >= 0.3 is 0 Å². The molecule has 0 aliphatic carbocycles. The SMILES string of the molecule is Cc1nc(CCC(C)CO)cs1. The summed E-state index contributed by atoms with van der Waals surface area (Å²) >= 11 is 1.69. The molecular formula is C9H15NOS. The molecule has 1 aromatic heterocycles. The molecule has 12 heavy (non-hydrogen) atoms. The highest BCUT2D eigenvalue weighted by Crippen LogP contribution is 2.12. The molecule has 0 fully saturated rings. The minimum Gasteiger partial charge on any atom is -0.396 e. The third-order valence-electron chi connectivity index (χ3n) is 1.87. The summed E-state index contributed by atoms with van der Waals surface area (Å²) in [7, 11) is 0. The quantitative estimate of drug-likeness (QED) is 0.778. The molecule has 1 heterocycles. The van der Waals surface area contributed by atoms with Gasteiger partial charge in [-0.25, -0.2) is 4.98 Å². The Morgan fingerprint density at radius 1 is 1.67 bits per heavy atom. The number of nitrogens with zero attached hydrogens (tertiary/aromatic N) is 1. The molecule has 3 heteroatoms. The zero-order chi connectivity index (χ0) is 8.97. The van der Waals surface area contributed by atoms with Gasteiger partial charge in [-0.2, -0.15) is 0 Å². The molecule has 0 aromatic carbocycles. The Labute approximate surface area is 77.3 Å². The maximum atomic E-state index is 8.80. The van der Waals surface area contributed by atoms with Crippen LogP contribution in [0.5, 0.6) is 0 Å². The third kappa shape index (κ3) is 2.91. The van der Waals surface area contributed by atoms with Gasteiger partial charge in [-0.05, 0) is 25.7 Å². The molecular weight excluding hydrogens is 170 g/mol. The lowest BCUT2D eigenvalue weighted by Gasteiger charge is -2.04. The highest BCUT2D eigenvalue weighted by Gasteiger charge is 2.02. The van der Waals surface area contributed by atoms with E-state index in [1.54, 1.807) is 11.3 Å². The second kappa shape index (κ2) is 4.58. The molecule has 0 saturated carbocycles. The zero-order valence-corrected chi connectivity index (χ0v) is 8.40. The summed E-state index contributed by atoms with van der Waals surface area (Å²) in [5.74, 6) is 0.395. The Hall–Kier alpha value is -0.410. The summed E-state index contributed by atoms with van der Waals surface area (Å²) in [6.45, 7) is 4.35. The van der Waals surface area contributed by atoms with Crippen molar-refractivity contribution in [3.63, 3.8) is 0 Å². The Bertz CT molecular complexity index is 234. The van der Waals surface area contributed by atoms with E-state index >= 15 is 0 Å². The topological polar surface area (TPSA) is 33.1 Å². The summed E-state index contributed by atoms with van der Waals surface area (Å²) in [6, 6.07) is 0. The molecule has 0 aliphatic heterocycles. The van der Waals surface area contributed by atoms with E-state index in [1.807, 2.05) is 6.92 Å². The standard InChI is InChI=1S/C9H15NOS/c1-7(5-11)3-4-9-6-12-8(2)10-9/h6-7,11H,3-5H2,1-2H3. The van der Waals surface area contributed by atoms with Crippen molar-refractivity contribution in [3.8, 4) is 0 Å². The van der Waals surface area contributed by atoms with Crippen LogP contribution in [0.3, 0.4) is 0 Å². The molecule has 1 aromatic rings. The second-order valence-corrected chi connectivity index (χ2v) is 4.25. The molecule has 0 radical (unpaired) electrons. The van der Waals surface area contributed by atoms with Gasteiger partial charge in [0.25, 0.3) is 0 Å². The fourth-order valence-corrected chi connectivity index (χ4v) is 1.66. The van der Waals surface area contributed by atoms with Gasteiger partial charge in [-0.1, -0.05) is 6.92 Å². The van der Waals surface area contributed by atoms with Gasteiger partial charge in [0.15, 0.2) is 0 Å². The van der Waals surface area contributed by atoms with Gasteiger partial charge in [-0.15, -0.1) is 11.3 Å². The number of aryl methyl sites for hydroxylation is 2. The highest BCUT2D eigenvalue weighted by molar-refractivity contribution is 7.09. The van der Waals surface area contributed by atoms with Crippen LogP contribution in [0.2, 0.25) is 0 Å². The maximum Gasteiger partial charge on any atom is 0.0897 e. The number of rotatable bonds is 4. The molecule has 0 aliphatic rings. The number of aromatic nitrogens is 1. The van der Waals surface area contributed by atoms with Crippen LogP contribution in [-0.2, 0) is 6.42 Å². The van der Waals surface area contributed by atoms with Crippen molar-refractivity contribution in [2.24, 2.45) is 5.92 Å². The van der Waals surface area contributed by atoms with Gasteiger partial charge in [0.1, 0.15) is 0 Å². The van der Waals surface area contributed by atoms with Gasteiger partial charge in [0.05, 0.1) is 10.7 Å². The number of hydrogen-bond acceptors (Lipinski definition) is 3. The lowest BCUT2D eigenvalue weighted by atomic mass is 10.1. The lowest BCUT2D eigenvalue weighted by Crippen LogP contribution is -2.02. The average molecular weight is 185 g/mol. The van der Waals surface area contributed by atoms with E-state index in [-0.39, 0.29) is 6.61 Å². The van der Waals surface area contributed by atoms with Crippen molar-refractivity contribution in [1.29, 1.82) is 0 Å². The number of aliphatic hydroxyl groups is 1. The molecule has 68 valence electrons. The highest BCUT2D eigenvalue weighted by atomic mass is 32.1. The summed E-state index contributed by atoms with van der Waals surface area (Å²) in [5.41, 5.74) is 1.16. The van der Waals surface area contributed by atoms with Crippen LogP contribution in [0.4, 0.5) is 0 Å². The Balaban J connectivity index is 2.33. The van der Waals surface area contributed by atoms with Crippen molar-refractivity contribution in [3.05, 3.63) is 16.1 Å². The normalized spacial score (nSPS) is 13.2. The first-order valence-electron chi connectivity index (χ1n) is 4.24. The number of aliphatic hydroxyl groups excluding tert-OH is 1. The summed E-state index contributed by atoms with van der Waals surface area (Å²) in [4.78, 5) is 4.35. The van der Waals surface area contributed by atoms with Crippen molar-refractivity contribution in [2.45, 2.75) is 26.7 Å². The van der Waals surface area contributed by atoms with Crippen molar-refractivity contribution >= 4 is 11.3 Å². The summed E-state index contributed by atoms with van der Waals surface area (Å²) < 4.78 is 0. The van der Waals surface area contributed by atoms with Crippen LogP contribution in [0.25, 0.3) is 0 Å². The third-order valence-corrected chi connectivity index (χ3v) is 2.69. The van der Waals surface area contributed by atoms with Gasteiger partial charge < -0.3 is 5.11 Å². The maximum absolute atomic E-state index is 8.80. The van der Waals surface area contributed by atoms with Crippen LogP contribution < -0.4 is 0 Å². The smallest absolute Gasteiger partial charge is 0.0897 e. The van der Waals surface area contributed by atoms with E-state index < -0.39 is 0 Å². The first-order valence-corrected chi connectivity index (χ1v) is 5.12. The predicted octanol–water partition coefficient (Wildman–Crippen LogP) is 2.01. The second-order valence-electron chi connectivity index (χ2n) is 3.18. The van der Waals surface area contributed by atoms with Crippen LogP contribution in [-0.4, -0.2) is 16.7 Å². The molecule has 0 spiro atoms. The molecule has 0 bridgehead atoms. The minimum atomic E-state index is 0.281. The van der Waals surface area contributed by atoms with Crippen molar-refractivity contribution < 1.29 is 5.11 Å². The minimum absolute atomic E-state index is 0.281. The Morgan fingerprint density at radius 3 is 2.92 bits per heavy atom. The van der Waals surface area contributed by atoms with Crippen LogP contribution in [0.1, 0.15) is 24.0 Å². The molecule has 0 amide bonds. The summed E-state index contributed by atoms with van der Waals surface area (Å²) in [6.07, 6.45) is 2.02. The molecule has 1 rings (SSSR count). The first-order chi connectivity index (χ1) is 5.72. The Morgan fingerprint density at radius 2 is 2.42 bits per heavy atom. The van der Waals surface area contributed by atoms with E-state index in [0.29, 0.717) is 5.92 Å². The van der Waals surface area contributed by atoms with Crippen LogP contribution in [0, 0.1) is 12.8 Å². The Kier molecular flexibility index (Phi) is 3.69. The largest absolute Gasteiger partial charge is 0.396 e. The molecule has 2 nitrogen and oxygen atoms in total. The van der Waals surface area contributed by atoms with E-state index in [0.717, 1.165) is 23.5 Å². The lowest BCUT2D eigenvalue weighted by molar-refractivity contribution is 0.230. The molecule has 1 N–H and O–H groups in total. The van der Waals surface area contributed by atoms with E-state index in [1.165, 1.54) is 0 Å².